The van der Waals surface area contributed by atoms with Crippen molar-refractivity contribution in [2.24, 2.45) is 11.8 Å². The largest absolute Gasteiger partial charge is 0.392 e. The molecular formula is C10H21NO. The average Bonchev–Trinajstić information content (AvgIpc) is 2.79. The third-order valence-electron chi connectivity index (χ3n) is 2.42. The summed E-state index contributed by atoms with van der Waals surface area (Å²) in [6.07, 6.45) is 3.58. The van der Waals surface area contributed by atoms with Crippen LogP contribution in [-0.2, 0) is 0 Å². The summed E-state index contributed by atoms with van der Waals surface area (Å²) in [6.45, 7) is 6.27. The lowest BCUT2D eigenvalue weighted by Crippen LogP contribution is -2.29. The monoisotopic (exact) mass is 171 g/mol. The molecule has 1 fully saturated rings. The smallest absolute Gasteiger partial charge is 0.0692 e. The number of hydrogen-bond acceptors (Lipinski definition) is 2. The minimum Gasteiger partial charge on any atom is -0.392 e. The first kappa shape index (κ1) is 10.0. The van der Waals surface area contributed by atoms with Crippen molar-refractivity contribution in [3.63, 3.8) is 0 Å². The summed E-state index contributed by atoms with van der Waals surface area (Å²) < 4.78 is 0. The van der Waals surface area contributed by atoms with Crippen molar-refractivity contribution >= 4 is 0 Å². The molecule has 1 aliphatic rings. The molecule has 0 aromatic carbocycles. The molecule has 72 valence electrons. The molecule has 2 heteroatoms. The number of hydrogen-bond donors (Lipinski definition) is 2. The maximum atomic E-state index is 9.49. The molecule has 12 heavy (non-hydrogen) atoms. The molecular weight excluding hydrogens is 150 g/mol. The van der Waals surface area contributed by atoms with Crippen LogP contribution in [0.3, 0.4) is 0 Å². The zero-order valence-electron chi connectivity index (χ0n) is 8.21. The molecule has 1 unspecified atom stereocenters. The number of rotatable bonds is 6. The Bertz CT molecular complexity index is 121. The van der Waals surface area contributed by atoms with E-state index in [4.69, 9.17) is 0 Å². The highest BCUT2D eigenvalue weighted by molar-refractivity contribution is 4.81. The molecule has 0 amide bonds. The molecule has 1 aliphatic carbocycles. The Balaban J connectivity index is 1.87. The molecule has 0 aromatic rings. The molecule has 0 radical (unpaired) electrons. The number of nitrogens with one attached hydrogen (secondary N) is 1. The van der Waals surface area contributed by atoms with Gasteiger partial charge in [-0.15, -0.1) is 0 Å². The number of aliphatic hydroxyl groups excluding tert-OH is 1. The van der Waals surface area contributed by atoms with Crippen molar-refractivity contribution in [1.82, 2.24) is 5.32 Å². The maximum Gasteiger partial charge on any atom is 0.0692 e. The summed E-state index contributed by atoms with van der Waals surface area (Å²) in [7, 11) is 0. The standard InChI is InChI=1S/C10H21NO/c1-8(2)5-6-11-7-10(12)9-3-4-9/h8-12H,3-7H2,1-2H3. The van der Waals surface area contributed by atoms with Gasteiger partial charge in [0.1, 0.15) is 0 Å². The van der Waals surface area contributed by atoms with Crippen molar-refractivity contribution < 1.29 is 5.11 Å². The highest BCUT2D eigenvalue weighted by atomic mass is 16.3. The van der Waals surface area contributed by atoms with E-state index in [0.29, 0.717) is 5.92 Å². The zero-order valence-corrected chi connectivity index (χ0v) is 8.21. The van der Waals surface area contributed by atoms with Crippen LogP contribution < -0.4 is 5.32 Å². The van der Waals surface area contributed by atoms with Crippen molar-refractivity contribution in [3.8, 4) is 0 Å². The summed E-state index contributed by atoms with van der Waals surface area (Å²) in [5.74, 6) is 1.37. The van der Waals surface area contributed by atoms with E-state index >= 15 is 0 Å². The Labute approximate surface area is 75.4 Å². The van der Waals surface area contributed by atoms with Gasteiger partial charge in [0.2, 0.25) is 0 Å². The predicted molar refractivity (Wildman–Crippen MR) is 51.1 cm³/mol. The Morgan fingerprint density at radius 1 is 1.42 bits per heavy atom. The van der Waals surface area contributed by atoms with E-state index in [1.54, 1.807) is 0 Å². The molecule has 2 N–H and O–H groups in total. The normalized spacial score (nSPS) is 20.0. The summed E-state index contributed by atoms with van der Waals surface area (Å²) in [5, 5.41) is 12.8. The van der Waals surface area contributed by atoms with Crippen molar-refractivity contribution in [1.29, 1.82) is 0 Å². The van der Waals surface area contributed by atoms with Gasteiger partial charge < -0.3 is 10.4 Å². The van der Waals surface area contributed by atoms with Gasteiger partial charge in [0.15, 0.2) is 0 Å². The number of aliphatic hydroxyl groups is 1. The van der Waals surface area contributed by atoms with Crippen molar-refractivity contribution in [2.75, 3.05) is 13.1 Å². The van der Waals surface area contributed by atoms with Crippen LogP contribution in [0.2, 0.25) is 0 Å². The van der Waals surface area contributed by atoms with Crippen LogP contribution in [0.1, 0.15) is 33.1 Å². The molecule has 0 spiro atoms. The predicted octanol–water partition coefficient (Wildman–Crippen LogP) is 1.39. The Kier molecular flexibility index (Phi) is 4.02. The fourth-order valence-electron chi connectivity index (χ4n) is 1.29. The minimum atomic E-state index is -0.0860. The molecule has 2 nitrogen and oxygen atoms in total. The van der Waals surface area contributed by atoms with Crippen LogP contribution in [0.25, 0.3) is 0 Å². The fourth-order valence-corrected chi connectivity index (χ4v) is 1.29. The SMILES string of the molecule is CC(C)CCNCC(O)C1CC1. The average molecular weight is 171 g/mol. The van der Waals surface area contributed by atoms with Gasteiger partial charge in [-0.05, 0) is 37.6 Å². The highest BCUT2D eigenvalue weighted by Gasteiger charge is 2.28. The summed E-state index contributed by atoms with van der Waals surface area (Å²) in [4.78, 5) is 0. The molecule has 0 aliphatic heterocycles. The van der Waals surface area contributed by atoms with E-state index in [0.717, 1.165) is 19.0 Å². The van der Waals surface area contributed by atoms with Crippen LogP contribution in [0, 0.1) is 11.8 Å². The van der Waals surface area contributed by atoms with Gasteiger partial charge in [0.05, 0.1) is 6.10 Å². The first-order valence-electron chi connectivity index (χ1n) is 5.09. The van der Waals surface area contributed by atoms with Crippen molar-refractivity contribution in [2.45, 2.75) is 39.2 Å². The van der Waals surface area contributed by atoms with E-state index < -0.39 is 0 Å². The summed E-state index contributed by atoms with van der Waals surface area (Å²) in [6, 6.07) is 0. The second-order valence-corrected chi connectivity index (χ2v) is 4.29. The van der Waals surface area contributed by atoms with E-state index in [-0.39, 0.29) is 6.10 Å². The molecule has 1 saturated carbocycles. The van der Waals surface area contributed by atoms with Gasteiger partial charge in [-0.2, -0.15) is 0 Å². The Hall–Kier alpha value is -0.0800. The van der Waals surface area contributed by atoms with E-state index in [9.17, 15) is 5.11 Å². The maximum absolute atomic E-state index is 9.49. The fraction of sp³-hybridized carbons (Fsp3) is 1.00. The molecule has 0 heterocycles. The quantitative estimate of drug-likeness (QED) is 0.592. The van der Waals surface area contributed by atoms with Gasteiger partial charge >= 0.3 is 0 Å². The second kappa shape index (κ2) is 4.83. The lowest BCUT2D eigenvalue weighted by Gasteiger charge is -2.11. The Morgan fingerprint density at radius 3 is 2.58 bits per heavy atom. The first-order chi connectivity index (χ1) is 5.70. The zero-order chi connectivity index (χ0) is 8.97. The van der Waals surface area contributed by atoms with Gasteiger partial charge in [-0.25, -0.2) is 0 Å². The third-order valence-corrected chi connectivity index (χ3v) is 2.42. The van der Waals surface area contributed by atoms with Crippen LogP contribution in [0.5, 0.6) is 0 Å². The van der Waals surface area contributed by atoms with E-state index in [1.165, 1.54) is 19.3 Å². The van der Waals surface area contributed by atoms with Gasteiger partial charge in [-0.3, -0.25) is 0 Å². The molecule has 1 atom stereocenters. The van der Waals surface area contributed by atoms with Crippen LogP contribution in [0.15, 0.2) is 0 Å². The van der Waals surface area contributed by atoms with E-state index in [2.05, 4.69) is 19.2 Å². The molecule has 0 aromatic heterocycles. The lowest BCUT2D eigenvalue weighted by molar-refractivity contribution is 0.148. The topological polar surface area (TPSA) is 32.3 Å². The minimum absolute atomic E-state index is 0.0860. The highest BCUT2D eigenvalue weighted by Crippen LogP contribution is 2.32. The van der Waals surface area contributed by atoms with E-state index in [1.807, 2.05) is 0 Å². The molecule has 1 rings (SSSR count). The molecule has 0 bridgehead atoms. The lowest BCUT2D eigenvalue weighted by atomic mass is 10.1. The summed E-state index contributed by atoms with van der Waals surface area (Å²) in [5.41, 5.74) is 0. The van der Waals surface area contributed by atoms with Gasteiger partial charge in [0, 0.05) is 6.54 Å². The molecule has 0 saturated heterocycles. The second-order valence-electron chi connectivity index (χ2n) is 4.29. The van der Waals surface area contributed by atoms with Gasteiger partial charge in [0.25, 0.3) is 0 Å². The first-order valence-corrected chi connectivity index (χ1v) is 5.09. The van der Waals surface area contributed by atoms with Crippen LogP contribution in [0.4, 0.5) is 0 Å². The van der Waals surface area contributed by atoms with Crippen LogP contribution in [-0.4, -0.2) is 24.3 Å². The Morgan fingerprint density at radius 2 is 2.08 bits per heavy atom. The third kappa shape index (κ3) is 4.07. The van der Waals surface area contributed by atoms with Crippen molar-refractivity contribution in [3.05, 3.63) is 0 Å². The summed E-state index contributed by atoms with van der Waals surface area (Å²) >= 11 is 0. The van der Waals surface area contributed by atoms with Crippen LogP contribution >= 0.6 is 0 Å². The van der Waals surface area contributed by atoms with Gasteiger partial charge in [-0.1, -0.05) is 13.8 Å².